The topological polar surface area (TPSA) is 57.6 Å². The summed E-state index contributed by atoms with van der Waals surface area (Å²) < 4.78 is 0. The van der Waals surface area contributed by atoms with Crippen LogP contribution in [0.3, 0.4) is 0 Å². The number of hydrogen-bond donors (Lipinski definition) is 1. The van der Waals surface area contributed by atoms with Gasteiger partial charge in [0.1, 0.15) is 12.0 Å². The van der Waals surface area contributed by atoms with Gasteiger partial charge in [0.05, 0.1) is 6.54 Å². The van der Waals surface area contributed by atoms with Gasteiger partial charge in [-0.25, -0.2) is 0 Å². The lowest BCUT2D eigenvalue weighted by Gasteiger charge is -2.17. The fourth-order valence-electron chi connectivity index (χ4n) is 0.910. The number of aliphatic hydroxyl groups is 1. The summed E-state index contributed by atoms with van der Waals surface area (Å²) in [4.78, 5) is 22.5. The maximum atomic E-state index is 10.8. The van der Waals surface area contributed by atoms with E-state index in [1.807, 2.05) is 0 Å². The van der Waals surface area contributed by atoms with Gasteiger partial charge in [-0.1, -0.05) is 0 Å². The van der Waals surface area contributed by atoms with Crippen LogP contribution >= 0.6 is 0 Å². The highest BCUT2D eigenvalue weighted by Gasteiger charge is 2.23. The molecular formula is C7H9NO3. The Labute approximate surface area is 64.1 Å². The number of hydrogen-bond acceptors (Lipinski definition) is 3. The summed E-state index contributed by atoms with van der Waals surface area (Å²) >= 11 is 0. The maximum Gasteiger partial charge on any atom is 0.249 e. The highest BCUT2D eigenvalue weighted by atomic mass is 16.3. The van der Waals surface area contributed by atoms with Crippen LogP contribution < -0.4 is 0 Å². The van der Waals surface area contributed by atoms with Crippen LogP contribution in [0.25, 0.3) is 0 Å². The lowest BCUT2D eigenvalue weighted by atomic mass is 10.4. The molecule has 0 aromatic carbocycles. The van der Waals surface area contributed by atoms with E-state index in [0.717, 1.165) is 4.90 Å². The van der Waals surface area contributed by atoms with E-state index in [0.29, 0.717) is 0 Å². The highest BCUT2D eigenvalue weighted by molar-refractivity contribution is 5.93. The fourth-order valence-corrected chi connectivity index (χ4v) is 0.910. The van der Waals surface area contributed by atoms with Crippen molar-refractivity contribution in [2.45, 2.75) is 13.2 Å². The Morgan fingerprint density at radius 2 is 2.45 bits per heavy atom. The summed E-state index contributed by atoms with van der Waals surface area (Å²) in [6.07, 6.45) is 1.69. The number of rotatable bonds is 2. The number of aliphatic hydroxyl groups excluding tert-OH is 1. The average Bonchev–Trinajstić information content (AvgIpc) is 2.18. The molecule has 4 nitrogen and oxygen atoms in total. The molecule has 1 amide bonds. The van der Waals surface area contributed by atoms with Gasteiger partial charge >= 0.3 is 0 Å². The molecule has 60 valence electrons. The van der Waals surface area contributed by atoms with E-state index in [1.165, 1.54) is 19.1 Å². The zero-order valence-electron chi connectivity index (χ0n) is 6.15. The smallest absolute Gasteiger partial charge is 0.249 e. The van der Waals surface area contributed by atoms with Gasteiger partial charge in [0.25, 0.3) is 0 Å². The first-order valence-corrected chi connectivity index (χ1v) is 3.27. The first kappa shape index (κ1) is 7.94. The van der Waals surface area contributed by atoms with Crippen molar-refractivity contribution < 1.29 is 14.7 Å². The van der Waals surface area contributed by atoms with Crippen LogP contribution in [0.2, 0.25) is 0 Å². The molecule has 0 aliphatic carbocycles. The number of amides is 1. The number of Topliss-reactive ketones (excluding diaryl/α,β-unsaturated/α-hetero) is 1. The Kier molecular flexibility index (Phi) is 2.05. The Bertz CT molecular complexity index is 222. The van der Waals surface area contributed by atoms with Gasteiger partial charge in [0, 0.05) is 6.08 Å². The monoisotopic (exact) mass is 155 g/mol. The van der Waals surface area contributed by atoms with E-state index in [4.69, 9.17) is 5.11 Å². The van der Waals surface area contributed by atoms with Crippen LogP contribution in [-0.4, -0.2) is 34.5 Å². The first-order valence-electron chi connectivity index (χ1n) is 3.27. The van der Waals surface area contributed by atoms with E-state index in [-0.39, 0.29) is 18.2 Å². The molecule has 1 rings (SSSR count). The molecule has 0 fully saturated rings. The summed E-state index contributed by atoms with van der Waals surface area (Å²) in [6, 6.07) is 0. The van der Waals surface area contributed by atoms with Crippen molar-refractivity contribution in [3.63, 3.8) is 0 Å². The molecule has 1 atom stereocenters. The van der Waals surface area contributed by atoms with Crippen molar-refractivity contribution in [2.24, 2.45) is 0 Å². The Morgan fingerprint density at radius 1 is 1.82 bits per heavy atom. The van der Waals surface area contributed by atoms with Crippen molar-refractivity contribution in [2.75, 3.05) is 6.54 Å². The van der Waals surface area contributed by atoms with E-state index in [2.05, 4.69) is 0 Å². The zero-order chi connectivity index (χ0) is 8.43. The standard InChI is InChI=1S/C7H9NO3/c1-5(9)4-8-6(10)2-3-7(8)11/h2-3,6,10H,4H2,1H3. The highest BCUT2D eigenvalue weighted by Crippen LogP contribution is 2.07. The third-order valence-electron chi connectivity index (χ3n) is 1.41. The van der Waals surface area contributed by atoms with Crippen LogP contribution in [0.4, 0.5) is 0 Å². The summed E-state index contributed by atoms with van der Waals surface area (Å²) in [5.74, 6) is -0.450. The molecule has 0 saturated heterocycles. The second kappa shape index (κ2) is 2.84. The molecule has 1 aliphatic heterocycles. The van der Waals surface area contributed by atoms with Crippen molar-refractivity contribution in [3.8, 4) is 0 Å². The van der Waals surface area contributed by atoms with Crippen LogP contribution in [-0.2, 0) is 9.59 Å². The molecule has 0 aromatic heterocycles. The average molecular weight is 155 g/mol. The van der Waals surface area contributed by atoms with Gasteiger partial charge in [0.15, 0.2) is 0 Å². The molecular weight excluding hydrogens is 146 g/mol. The largest absolute Gasteiger partial charge is 0.370 e. The van der Waals surface area contributed by atoms with Crippen LogP contribution in [0.1, 0.15) is 6.92 Å². The third kappa shape index (κ3) is 1.65. The van der Waals surface area contributed by atoms with Gasteiger partial charge < -0.3 is 10.0 Å². The molecule has 0 aromatic rings. The summed E-state index contributed by atoms with van der Waals surface area (Å²) in [6.45, 7) is 1.35. The van der Waals surface area contributed by atoms with Crippen molar-refractivity contribution in [1.82, 2.24) is 4.90 Å². The predicted molar refractivity (Wildman–Crippen MR) is 37.5 cm³/mol. The summed E-state index contributed by atoms with van der Waals surface area (Å²) in [5.41, 5.74) is 0. The molecule has 1 unspecified atom stereocenters. The quantitative estimate of drug-likeness (QED) is 0.573. The van der Waals surface area contributed by atoms with Crippen molar-refractivity contribution in [3.05, 3.63) is 12.2 Å². The Balaban J connectivity index is 2.59. The SMILES string of the molecule is CC(=O)CN1C(=O)C=CC1O. The molecule has 11 heavy (non-hydrogen) atoms. The molecule has 1 N–H and O–H groups in total. The maximum absolute atomic E-state index is 10.8. The van der Waals surface area contributed by atoms with E-state index < -0.39 is 6.23 Å². The minimum Gasteiger partial charge on any atom is -0.370 e. The van der Waals surface area contributed by atoms with Crippen LogP contribution in [0.15, 0.2) is 12.2 Å². The van der Waals surface area contributed by atoms with Crippen molar-refractivity contribution in [1.29, 1.82) is 0 Å². The van der Waals surface area contributed by atoms with Crippen LogP contribution in [0, 0.1) is 0 Å². The van der Waals surface area contributed by atoms with Gasteiger partial charge in [-0.3, -0.25) is 9.59 Å². The van der Waals surface area contributed by atoms with E-state index in [9.17, 15) is 9.59 Å². The minimum atomic E-state index is -0.925. The number of carbonyl (C=O) groups is 2. The molecule has 1 heterocycles. The predicted octanol–water partition coefficient (Wildman–Crippen LogP) is -0.708. The third-order valence-corrected chi connectivity index (χ3v) is 1.41. The van der Waals surface area contributed by atoms with Gasteiger partial charge in [-0.15, -0.1) is 0 Å². The number of ketones is 1. The Hall–Kier alpha value is -1.16. The molecule has 0 bridgehead atoms. The minimum absolute atomic E-state index is 0.0208. The molecule has 4 heteroatoms. The Morgan fingerprint density at radius 3 is 2.82 bits per heavy atom. The fraction of sp³-hybridized carbons (Fsp3) is 0.429. The lowest BCUT2D eigenvalue weighted by Crippen LogP contribution is -2.37. The molecule has 0 radical (unpaired) electrons. The molecule has 0 spiro atoms. The van der Waals surface area contributed by atoms with Crippen molar-refractivity contribution >= 4 is 11.7 Å². The second-order valence-corrected chi connectivity index (χ2v) is 2.44. The van der Waals surface area contributed by atoms with E-state index in [1.54, 1.807) is 0 Å². The lowest BCUT2D eigenvalue weighted by molar-refractivity contribution is -0.135. The second-order valence-electron chi connectivity index (χ2n) is 2.44. The molecule has 1 aliphatic rings. The number of nitrogens with zero attached hydrogens (tertiary/aromatic N) is 1. The van der Waals surface area contributed by atoms with Gasteiger partial charge in [-0.05, 0) is 13.0 Å². The zero-order valence-corrected chi connectivity index (χ0v) is 6.15. The van der Waals surface area contributed by atoms with E-state index >= 15 is 0 Å². The van der Waals surface area contributed by atoms with Gasteiger partial charge in [0.2, 0.25) is 5.91 Å². The normalized spacial score (nSPS) is 22.9. The first-order chi connectivity index (χ1) is 5.11. The summed E-state index contributed by atoms with van der Waals surface area (Å²) in [5, 5.41) is 9.07. The van der Waals surface area contributed by atoms with Crippen LogP contribution in [0.5, 0.6) is 0 Å². The number of carbonyl (C=O) groups excluding carboxylic acids is 2. The molecule has 0 saturated carbocycles. The van der Waals surface area contributed by atoms with Gasteiger partial charge in [-0.2, -0.15) is 0 Å². The summed E-state index contributed by atoms with van der Waals surface area (Å²) in [7, 11) is 0.